The van der Waals surface area contributed by atoms with E-state index in [0.29, 0.717) is 13.1 Å². The molecule has 2 N–H and O–H groups in total. The molecule has 9 heteroatoms. The van der Waals surface area contributed by atoms with Gasteiger partial charge < -0.3 is 10.6 Å². The summed E-state index contributed by atoms with van der Waals surface area (Å²) in [4.78, 5) is 16.4. The van der Waals surface area contributed by atoms with Crippen LogP contribution in [0.3, 0.4) is 0 Å². The molecule has 0 atom stereocenters. The molecule has 0 saturated heterocycles. The van der Waals surface area contributed by atoms with Gasteiger partial charge in [0, 0.05) is 12.2 Å². The van der Waals surface area contributed by atoms with E-state index in [-0.39, 0.29) is 6.03 Å². The first-order valence-corrected chi connectivity index (χ1v) is 7.91. The molecule has 130 valence electrons. The van der Waals surface area contributed by atoms with Gasteiger partial charge in [-0.05, 0) is 38.5 Å². The van der Waals surface area contributed by atoms with Crippen molar-refractivity contribution in [3.05, 3.63) is 48.1 Å². The summed E-state index contributed by atoms with van der Waals surface area (Å²) in [5, 5.41) is 17.5. The zero-order chi connectivity index (χ0) is 17.8. The van der Waals surface area contributed by atoms with Gasteiger partial charge in [-0.3, -0.25) is 4.57 Å². The van der Waals surface area contributed by atoms with Crippen LogP contribution in [0, 0.1) is 20.8 Å². The molecule has 0 saturated carbocycles. The van der Waals surface area contributed by atoms with E-state index in [4.69, 9.17) is 0 Å². The molecule has 0 spiro atoms. The van der Waals surface area contributed by atoms with Gasteiger partial charge in [0.05, 0.1) is 12.2 Å². The maximum absolute atomic E-state index is 12.1. The summed E-state index contributed by atoms with van der Waals surface area (Å²) in [6.07, 6.45) is 3.22. The van der Waals surface area contributed by atoms with E-state index in [1.165, 1.54) is 0 Å². The average Bonchev–Trinajstić information content (AvgIpc) is 3.20. The zero-order valence-electron chi connectivity index (χ0n) is 14.4. The quantitative estimate of drug-likeness (QED) is 0.734. The highest BCUT2D eigenvalue weighted by Crippen LogP contribution is 2.19. The van der Waals surface area contributed by atoms with Crippen LogP contribution in [-0.2, 0) is 6.54 Å². The van der Waals surface area contributed by atoms with E-state index < -0.39 is 0 Å². The van der Waals surface area contributed by atoms with Crippen LogP contribution >= 0.6 is 0 Å². The SMILES string of the molecule is Cc1nc(C)n(CCNC(=O)Nc2cc(-n3cnnc3)ccc2C)n1. The molecule has 3 aromatic rings. The molecule has 3 rings (SSSR count). The van der Waals surface area contributed by atoms with Gasteiger partial charge in [-0.2, -0.15) is 5.10 Å². The smallest absolute Gasteiger partial charge is 0.319 e. The predicted molar refractivity (Wildman–Crippen MR) is 92.6 cm³/mol. The van der Waals surface area contributed by atoms with Crippen molar-refractivity contribution in [1.82, 2.24) is 34.8 Å². The van der Waals surface area contributed by atoms with Crippen LogP contribution in [0.25, 0.3) is 5.69 Å². The maximum Gasteiger partial charge on any atom is 0.319 e. The van der Waals surface area contributed by atoms with E-state index >= 15 is 0 Å². The number of urea groups is 1. The standard InChI is InChI=1S/C16H20N8O/c1-11-4-5-14(23-9-18-19-10-23)8-15(11)21-16(25)17-6-7-24-13(3)20-12(2)22-24/h4-5,8-10H,6-7H2,1-3H3,(H2,17,21,25). The molecule has 0 unspecified atom stereocenters. The Balaban J connectivity index is 1.59. The lowest BCUT2D eigenvalue weighted by Crippen LogP contribution is -2.32. The summed E-state index contributed by atoms with van der Waals surface area (Å²) in [6, 6.07) is 5.49. The fourth-order valence-electron chi connectivity index (χ4n) is 2.45. The first-order valence-electron chi connectivity index (χ1n) is 7.91. The highest BCUT2D eigenvalue weighted by molar-refractivity contribution is 5.90. The number of nitrogens with one attached hydrogen (secondary N) is 2. The van der Waals surface area contributed by atoms with E-state index in [2.05, 4.69) is 30.9 Å². The molecule has 2 heterocycles. The second kappa shape index (κ2) is 7.12. The van der Waals surface area contributed by atoms with Crippen molar-refractivity contribution < 1.29 is 4.79 Å². The highest BCUT2D eigenvalue weighted by Gasteiger charge is 2.07. The van der Waals surface area contributed by atoms with Crippen molar-refractivity contribution >= 4 is 11.7 Å². The number of carbonyl (C=O) groups is 1. The number of rotatable bonds is 5. The fraction of sp³-hybridized carbons (Fsp3) is 0.312. The van der Waals surface area contributed by atoms with Gasteiger partial charge in [0.1, 0.15) is 24.3 Å². The second-order valence-electron chi connectivity index (χ2n) is 5.68. The van der Waals surface area contributed by atoms with Gasteiger partial charge in [0.2, 0.25) is 0 Å². The maximum atomic E-state index is 12.1. The van der Waals surface area contributed by atoms with E-state index in [0.717, 1.165) is 28.6 Å². The molecular formula is C16H20N8O. The second-order valence-corrected chi connectivity index (χ2v) is 5.68. The Labute approximate surface area is 145 Å². The number of anilines is 1. The Bertz CT molecular complexity index is 868. The number of amides is 2. The summed E-state index contributed by atoms with van der Waals surface area (Å²) >= 11 is 0. The lowest BCUT2D eigenvalue weighted by atomic mass is 10.2. The van der Waals surface area contributed by atoms with Crippen LogP contribution in [-0.4, -0.2) is 42.1 Å². The van der Waals surface area contributed by atoms with Gasteiger partial charge in [-0.25, -0.2) is 14.5 Å². The Morgan fingerprint density at radius 2 is 1.92 bits per heavy atom. The number of carbonyl (C=O) groups excluding carboxylic acids is 1. The zero-order valence-corrected chi connectivity index (χ0v) is 14.4. The van der Waals surface area contributed by atoms with Crippen molar-refractivity contribution in [2.75, 3.05) is 11.9 Å². The molecule has 0 aliphatic carbocycles. The number of aromatic nitrogens is 6. The van der Waals surface area contributed by atoms with E-state index in [1.807, 2.05) is 39.0 Å². The summed E-state index contributed by atoms with van der Waals surface area (Å²) in [5.41, 5.74) is 2.57. The summed E-state index contributed by atoms with van der Waals surface area (Å²) in [6.45, 7) is 6.70. The van der Waals surface area contributed by atoms with Crippen LogP contribution in [0.1, 0.15) is 17.2 Å². The molecule has 0 bridgehead atoms. The summed E-state index contributed by atoms with van der Waals surface area (Å²) < 4.78 is 3.55. The lowest BCUT2D eigenvalue weighted by molar-refractivity contribution is 0.251. The number of nitrogens with zero attached hydrogens (tertiary/aromatic N) is 6. The molecule has 0 aliphatic heterocycles. The van der Waals surface area contributed by atoms with Crippen LogP contribution in [0.15, 0.2) is 30.9 Å². The molecule has 2 aromatic heterocycles. The van der Waals surface area contributed by atoms with Crippen molar-refractivity contribution in [3.63, 3.8) is 0 Å². The third-order valence-electron chi connectivity index (χ3n) is 3.76. The van der Waals surface area contributed by atoms with Gasteiger partial charge >= 0.3 is 6.03 Å². The van der Waals surface area contributed by atoms with Gasteiger partial charge in [-0.15, -0.1) is 10.2 Å². The van der Waals surface area contributed by atoms with E-state index in [9.17, 15) is 4.79 Å². The van der Waals surface area contributed by atoms with Crippen LogP contribution in [0.5, 0.6) is 0 Å². The summed E-state index contributed by atoms with van der Waals surface area (Å²) in [7, 11) is 0. The minimum Gasteiger partial charge on any atom is -0.336 e. The first-order chi connectivity index (χ1) is 12.0. The minimum absolute atomic E-state index is 0.265. The lowest BCUT2D eigenvalue weighted by Gasteiger charge is -2.12. The van der Waals surface area contributed by atoms with Crippen molar-refractivity contribution in [2.24, 2.45) is 0 Å². The molecule has 9 nitrogen and oxygen atoms in total. The first kappa shape index (κ1) is 16.6. The Morgan fingerprint density at radius 1 is 1.16 bits per heavy atom. The molecule has 2 amide bonds. The largest absolute Gasteiger partial charge is 0.336 e. The van der Waals surface area contributed by atoms with Crippen molar-refractivity contribution in [2.45, 2.75) is 27.3 Å². The van der Waals surface area contributed by atoms with Crippen molar-refractivity contribution in [3.8, 4) is 5.69 Å². The highest BCUT2D eigenvalue weighted by atomic mass is 16.2. The molecule has 0 aliphatic rings. The molecule has 1 aromatic carbocycles. The van der Waals surface area contributed by atoms with Crippen molar-refractivity contribution in [1.29, 1.82) is 0 Å². The average molecular weight is 340 g/mol. The molecule has 0 fully saturated rings. The fourth-order valence-corrected chi connectivity index (χ4v) is 2.45. The Morgan fingerprint density at radius 3 is 2.60 bits per heavy atom. The van der Waals surface area contributed by atoms with Gasteiger partial charge in [0.15, 0.2) is 0 Å². The number of benzene rings is 1. The normalized spacial score (nSPS) is 10.7. The monoisotopic (exact) mass is 340 g/mol. The Kier molecular flexibility index (Phi) is 4.73. The predicted octanol–water partition coefficient (Wildman–Crippen LogP) is 1.61. The van der Waals surface area contributed by atoms with Gasteiger partial charge in [0.25, 0.3) is 0 Å². The Hall–Kier alpha value is -3.23. The van der Waals surface area contributed by atoms with Crippen LogP contribution in [0.4, 0.5) is 10.5 Å². The minimum atomic E-state index is -0.265. The topological polar surface area (TPSA) is 103 Å². The number of aryl methyl sites for hydroxylation is 3. The molecular weight excluding hydrogens is 320 g/mol. The third-order valence-corrected chi connectivity index (χ3v) is 3.76. The number of hydrogen-bond donors (Lipinski definition) is 2. The third kappa shape index (κ3) is 4.00. The molecule has 0 radical (unpaired) electrons. The van der Waals surface area contributed by atoms with E-state index in [1.54, 1.807) is 21.9 Å². The number of hydrogen-bond acceptors (Lipinski definition) is 5. The molecule has 25 heavy (non-hydrogen) atoms. The van der Waals surface area contributed by atoms with Gasteiger partial charge in [-0.1, -0.05) is 6.07 Å². The van der Waals surface area contributed by atoms with Crippen LogP contribution < -0.4 is 10.6 Å². The summed E-state index contributed by atoms with van der Waals surface area (Å²) in [5.74, 6) is 1.56. The van der Waals surface area contributed by atoms with Crippen LogP contribution in [0.2, 0.25) is 0 Å².